The lowest BCUT2D eigenvalue weighted by molar-refractivity contribution is -0.120. The molecule has 0 radical (unpaired) electrons. The van der Waals surface area contributed by atoms with Crippen molar-refractivity contribution in [2.24, 2.45) is 5.84 Å². The summed E-state index contributed by atoms with van der Waals surface area (Å²) in [4.78, 5) is 13.0. The first-order valence-electron chi connectivity index (χ1n) is 4.90. The highest BCUT2D eigenvalue weighted by Crippen LogP contribution is 2.13. The molecule has 1 aromatic carbocycles. The van der Waals surface area contributed by atoms with Crippen molar-refractivity contribution in [2.45, 2.75) is 13.3 Å². The Balaban J connectivity index is 2.50. The van der Waals surface area contributed by atoms with Gasteiger partial charge >= 0.3 is 0 Å². The molecule has 0 aromatic heterocycles. The second-order valence-corrected chi connectivity index (χ2v) is 3.57. The standard InChI is InChI=1S/C11H17N3O/c1-9-3-5-10(6-4-9)14(2)8-7-11(15)13-12/h3-6H,7-8,12H2,1-2H3,(H,13,15). The zero-order valence-corrected chi connectivity index (χ0v) is 9.16. The molecule has 0 fully saturated rings. The Morgan fingerprint density at radius 1 is 1.40 bits per heavy atom. The van der Waals surface area contributed by atoms with Crippen LogP contribution in [0, 0.1) is 6.92 Å². The van der Waals surface area contributed by atoms with Gasteiger partial charge < -0.3 is 4.90 Å². The summed E-state index contributed by atoms with van der Waals surface area (Å²) >= 11 is 0. The van der Waals surface area contributed by atoms with Gasteiger partial charge in [-0.2, -0.15) is 0 Å². The summed E-state index contributed by atoms with van der Waals surface area (Å²) in [5.41, 5.74) is 4.45. The van der Waals surface area contributed by atoms with E-state index in [-0.39, 0.29) is 5.91 Å². The van der Waals surface area contributed by atoms with Crippen LogP contribution >= 0.6 is 0 Å². The van der Waals surface area contributed by atoms with Crippen molar-refractivity contribution in [1.29, 1.82) is 0 Å². The molecule has 4 nitrogen and oxygen atoms in total. The Labute approximate surface area is 90.0 Å². The fraction of sp³-hybridized carbons (Fsp3) is 0.364. The normalized spacial score (nSPS) is 9.80. The minimum atomic E-state index is -0.144. The van der Waals surface area contributed by atoms with E-state index in [1.807, 2.05) is 31.0 Å². The molecule has 1 amide bonds. The van der Waals surface area contributed by atoms with E-state index in [4.69, 9.17) is 5.84 Å². The molecule has 0 heterocycles. The average Bonchev–Trinajstić information content (AvgIpc) is 2.26. The second-order valence-electron chi connectivity index (χ2n) is 3.57. The molecule has 4 heteroatoms. The van der Waals surface area contributed by atoms with Gasteiger partial charge in [0.25, 0.3) is 0 Å². The summed E-state index contributed by atoms with van der Waals surface area (Å²) in [7, 11) is 1.95. The number of nitrogens with zero attached hydrogens (tertiary/aromatic N) is 1. The van der Waals surface area contributed by atoms with Crippen molar-refractivity contribution in [1.82, 2.24) is 5.43 Å². The zero-order valence-electron chi connectivity index (χ0n) is 9.16. The summed E-state index contributed by atoms with van der Waals surface area (Å²) in [6.07, 6.45) is 0.404. The molecule has 82 valence electrons. The predicted molar refractivity (Wildman–Crippen MR) is 61.4 cm³/mol. The van der Waals surface area contributed by atoms with E-state index in [2.05, 4.69) is 17.6 Å². The summed E-state index contributed by atoms with van der Waals surface area (Å²) in [5.74, 6) is 4.85. The molecule has 0 aliphatic carbocycles. The molecule has 1 rings (SSSR count). The minimum Gasteiger partial charge on any atom is -0.374 e. The van der Waals surface area contributed by atoms with Crippen LogP contribution < -0.4 is 16.2 Å². The molecule has 0 unspecified atom stereocenters. The van der Waals surface area contributed by atoms with Gasteiger partial charge in [0, 0.05) is 25.7 Å². The molecule has 0 bridgehead atoms. The highest BCUT2D eigenvalue weighted by Gasteiger charge is 2.03. The maximum Gasteiger partial charge on any atom is 0.235 e. The molecular formula is C11H17N3O. The van der Waals surface area contributed by atoms with Crippen LogP contribution in [0.1, 0.15) is 12.0 Å². The Morgan fingerprint density at radius 3 is 2.53 bits per heavy atom. The summed E-state index contributed by atoms with van der Waals surface area (Å²) < 4.78 is 0. The van der Waals surface area contributed by atoms with Crippen LogP contribution in [0.3, 0.4) is 0 Å². The van der Waals surface area contributed by atoms with Gasteiger partial charge in [0.2, 0.25) is 5.91 Å². The molecule has 0 spiro atoms. The summed E-state index contributed by atoms with van der Waals surface area (Å²) in [6.45, 7) is 2.71. The fourth-order valence-corrected chi connectivity index (χ4v) is 1.27. The first kappa shape index (κ1) is 11.5. The van der Waals surface area contributed by atoms with Crippen LogP contribution in [-0.2, 0) is 4.79 Å². The SMILES string of the molecule is Cc1ccc(N(C)CCC(=O)NN)cc1. The highest BCUT2D eigenvalue weighted by atomic mass is 16.2. The van der Waals surface area contributed by atoms with Crippen molar-refractivity contribution < 1.29 is 4.79 Å². The minimum absolute atomic E-state index is 0.144. The largest absolute Gasteiger partial charge is 0.374 e. The number of nitrogens with one attached hydrogen (secondary N) is 1. The van der Waals surface area contributed by atoms with Gasteiger partial charge in [-0.3, -0.25) is 10.2 Å². The molecule has 0 saturated heterocycles. The summed E-state index contributed by atoms with van der Waals surface area (Å²) in [6, 6.07) is 8.18. The number of carbonyl (C=O) groups is 1. The molecule has 0 aliphatic rings. The van der Waals surface area contributed by atoms with Crippen LogP contribution in [0.15, 0.2) is 24.3 Å². The maximum absolute atomic E-state index is 10.9. The predicted octanol–water partition coefficient (Wildman–Crippen LogP) is 0.811. The lowest BCUT2D eigenvalue weighted by Crippen LogP contribution is -2.33. The fourth-order valence-electron chi connectivity index (χ4n) is 1.27. The third-order valence-electron chi connectivity index (χ3n) is 2.31. The van der Waals surface area contributed by atoms with Crippen molar-refractivity contribution in [3.8, 4) is 0 Å². The number of rotatable bonds is 4. The van der Waals surface area contributed by atoms with Gasteiger partial charge in [-0.25, -0.2) is 5.84 Å². The lowest BCUT2D eigenvalue weighted by Gasteiger charge is -2.18. The van der Waals surface area contributed by atoms with E-state index < -0.39 is 0 Å². The number of anilines is 1. The van der Waals surface area contributed by atoms with Gasteiger partial charge in [0.15, 0.2) is 0 Å². The summed E-state index contributed by atoms with van der Waals surface area (Å²) in [5, 5.41) is 0. The van der Waals surface area contributed by atoms with E-state index >= 15 is 0 Å². The zero-order chi connectivity index (χ0) is 11.3. The lowest BCUT2D eigenvalue weighted by atomic mass is 10.2. The number of benzene rings is 1. The third-order valence-corrected chi connectivity index (χ3v) is 2.31. The van der Waals surface area contributed by atoms with Crippen LogP contribution in [0.5, 0.6) is 0 Å². The number of nitrogens with two attached hydrogens (primary N) is 1. The number of hydrogen-bond acceptors (Lipinski definition) is 3. The Hall–Kier alpha value is -1.55. The van der Waals surface area contributed by atoms with Crippen molar-refractivity contribution in [3.05, 3.63) is 29.8 Å². The van der Waals surface area contributed by atoms with Gasteiger partial charge in [-0.15, -0.1) is 0 Å². The van der Waals surface area contributed by atoms with Crippen molar-refractivity contribution in [2.75, 3.05) is 18.5 Å². The smallest absolute Gasteiger partial charge is 0.235 e. The quantitative estimate of drug-likeness (QED) is 0.436. The highest BCUT2D eigenvalue weighted by molar-refractivity contribution is 5.75. The molecule has 1 aromatic rings. The third kappa shape index (κ3) is 3.59. The molecule has 0 saturated carbocycles. The Kier molecular flexibility index (Phi) is 4.12. The Morgan fingerprint density at radius 2 is 2.00 bits per heavy atom. The molecule has 15 heavy (non-hydrogen) atoms. The molecule has 0 atom stereocenters. The number of aryl methyl sites for hydroxylation is 1. The van der Waals surface area contributed by atoms with E-state index in [0.717, 1.165) is 5.69 Å². The number of hydrazine groups is 1. The van der Waals surface area contributed by atoms with E-state index in [1.165, 1.54) is 5.56 Å². The molecule has 0 aliphatic heterocycles. The van der Waals surface area contributed by atoms with E-state index in [1.54, 1.807) is 0 Å². The molecule has 3 N–H and O–H groups in total. The topological polar surface area (TPSA) is 58.4 Å². The maximum atomic E-state index is 10.9. The van der Waals surface area contributed by atoms with E-state index in [0.29, 0.717) is 13.0 Å². The van der Waals surface area contributed by atoms with Gasteiger partial charge in [0.1, 0.15) is 0 Å². The first-order valence-corrected chi connectivity index (χ1v) is 4.90. The van der Waals surface area contributed by atoms with E-state index in [9.17, 15) is 4.79 Å². The number of carbonyl (C=O) groups excluding carboxylic acids is 1. The number of amides is 1. The Bertz CT molecular complexity index is 321. The monoisotopic (exact) mass is 207 g/mol. The van der Waals surface area contributed by atoms with Crippen LogP contribution in [-0.4, -0.2) is 19.5 Å². The van der Waals surface area contributed by atoms with Crippen LogP contribution in [0.2, 0.25) is 0 Å². The van der Waals surface area contributed by atoms with Gasteiger partial charge in [-0.1, -0.05) is 17.7 Å². The number of hydrogen-bond donors (Lipinski definition) is 2. The average molecular weight is 207 g/mol. The van der Waals surface area contributed by atoms with Crippen LogP contribution in [0.4, 0.5) is 5.69 Å². The second kappa shape index (κ2) is 5.36. The molecular weight excluding hydrogens is 190 g/mol. The van der Waals surface area contributed by atoms with Gasteiger partial charge in [0.05, 0.1) is 0 Å². The van der Waals surface area contributed by atoms with Gasteiger partial charge in [-0.05, 0) is 19.1 Å². The first-order chi connectivity index (χ1) is 7.13. The van der Waals surface area contributed by atoms with Crippen molar-refractivity contribution in [3.63, 3.8) is 0 Å². The van der Waals surface area contributed by atoms with Crippen LogP contribution in [0.25, 0.3) is 0 Å². The van der Waals surface area contributed by atoms with Crippen molar-refractivity contribution >= 4 is 11.6 Å².